The minimum atomic E-state index is -0.0881. The zero-order valence-corrected chi connectivity index (χ0v) is 18.6. The fourth-order valence-corrected chi connectivity index (χ4v) is 4.09. The molecule has 1 aliphatic rings. The Labute approximate surface area is 187 Å². The van der Waals surface area contributed by atoms with Crippen molar-refractivity contribution in [1.82, 2.24) is 20.2 Å². The van der Waals surface area contributed by atoms with Gasteiger partial charge in [-0.15, -0.1) is 0 Å². The number of aromatic amines is 1. The number of H-pyrrole nitrogens is 1. The average Bonchev–Trinajstić information content (AvgIpc) is 3.31. The summed E-state index contributed by atoms with van der Waals surface area (Å²) in [7, 11) is 0. The van der Waals surface area contributed by atoms with Crippen LogP contribution < -0.4 is 10.9 Å². The lowest BCUT2D eigenvalue weighted by atomic mass is 10.1. The predicted molar refractivity (Wildman–Crippen MR) is 127 cm³/mol. The molecule has 7 heteroatoms. The third-order valence-corrected chi connectivity index (χ3v) is 6.05. The highest BCUT2D eigenvalue weighted by atomic mass is 32.1. The first kappa shape index (κ1) is 21.5. The zero-order valence-electron chi connectivity index (χ0n) is 17.8. The molecule has 0 saturated carbocycles. The van der Waals surface area contributed by atoms with Crippen LogP contribution in [0.2, 0.25) is 0 Å². The van der Waals surface area contributed by atoms with Crippen LogP contribution in [0.1, 0.15) is 36.5 Å². The number of aryl methyl sites for hydroxylation is 1. The molecule has 2 N–H and O–H groups in total. The molecule has 2 aromatic heterocycles. The molecule has 6 nitrogen and oxygen atoms in total. The van der Waals surface area contributed by atoms with Crippen LogP contribution in [0.25, 0.3) is 10.9 Å². The molecule has 1 saturated heterocycles. The van der Waals surface area contributed by atoms with Gasteiger partial charge in [-0.2, -0.15) is 0 Å². The second kappa shape index (κ2) is 10.0. The van der Waals surface area contributed by atoms with E-state index in [9.17, 15) is 4.79 Å². The Balaban J connectivity index is 1.57. The molecule has 1 aliphatic heterocycles. The molecule has 31 heavy (non-hydrogen) atoms. The van der Waals surface area contributed by atoms with Gasteiger partial charge in [0.1, 0.15) is 0 Å². The van der Waals surface area contributed by atoms with E-state index < -0.39 is 0 Å². The van der Waals surface area contributed by atoms with Crippen molar-refractivity contribution >= 4 is 28.2 Å². The van der Waals surface area contributed by atoms with Crippen molar-refractivity contribution < 1.29 is 4.74 Å². The molecule has 0 spiro atoms. The van der Waals surface area contributed by atoms with Gasteiger partial charge >= 0.3 is 0 Å². The van der Waals surface area contributed by atoms with Crippen molar-refractivity contribution in [3.63, 3.8) is 0 Å². The first-order valence-corrected chi connectivity index (χ1v) is 11.2. The Morgan fingerprint density at radius 2 is 2.19 bits per heavy atom. The second-order valence-corrected chi connectivity index (χ2v) is 8.32. The van der Waals surface area contributed by atoms with Crippen molar-refractivity contribution in [1.29, 1.82) is 0 Å². The minimum Gasteiger partial charge on any atom is -0.376 e. The van der Waals surface area contributed by atoms with E-state index in [0.717, 1.165) is 42.3 Å². The summed E-state index contributed by atoms with van der Waals surface area (Å²) in [5, 5.41) is 4.99. The van der Waals surface area contributed by atoms with Gasteiger partial charge in [-0.05, 0) is 72.3 Å². The third kappa shape index (κ3) is 5.48. The SMILES string of the molecule is CCc1ccc2[nH]c(=O)c(CN(Cc3cccnc3)C(=S)NCC3CCCO3)cc2c1. The highest BCUT2D eigenvalue weighted by molar-refractivity contribution is 7.80. The van der Waals surface area contributed by atoms with Gasteiger partial charge in [0.05, 0.1) is 12.6 Å². The Kier molecular flexibility index (Phi) is 6.94. The number of hydrogen-bond acceptors (Lipinski definition) is 4. The Hall–Kier alpha value is -2.77. The number of ether oxygens (including phenoxy) is 1. The molecule has 3 heterocycles. The molecular weight excluding hydrogens is 408 g/mol. The minimum absolute atomic E-state index is 0.0881. The lowest BCUT2D eigenvalue weighted by Crippen LogP contribution is -2.42. The van der Waals surface area contributed by atoms with Crippen LogP contribution in [-0.4, -0.2) is 39.2 Å². The average molecular weight is 437 g/mol. The zero-order chi connectivity index (χ0) is 21.6. The Bertz CT molecular complexity index is 1090. The summed E-state index contributed by atoms with van der Waals surface area (Å²) in [6.07, 6.45) is 6.85. The highest BCUT2D eigenvalue weighted by Gasteiger charge is 2.18. The van der Waals surface area contributed by atoms with E-state index in [0.29, 0.717) is 30.3 Å². The molecule has 1 aromatic carbocycles. The summed E-state index contributed by atoms with van der Waals surface area (Å²) >= 11 is 5.71. The third-order valence-electron chi connectivity index (χ3n) is 5.64. The summed E-state index contributed by atoms with van der Waals surface area (Å²) in [4.78, 5) is 22.0. The maximum atomic E-state index is 12.8. The molecule has 0 amide bonds. The lowest BCUT2D eigenvalue weighted by Gasteiger charge is -2.26. The molecule has 1 fully saturated rings. The van der Waals surface area contributed by atoms with Crippen LogP contribution >= 0.6 is 12.2 Å². The van der Waals surface area contributed by atoms with Crippen LogP contribution in [-0.2, 0) is 24.2 Å². The van der Waals surface area contributed by atoms with Gasteiger partial charge in [-0.3, -0.25) is 9.78 Å². The van der Waals surface area contributed by atoms with Gasteiger partial charge in [0.2, 0.25) is 0 Å². The van der Waals surface area contributed by atoms with Gasteiger partial charge < -0.3 is 19.9 Å². The largest absolute Gasteiger partial charge is 0.376 e. The molecule has 162 valence electrons. The fraction of sp³-hybridized carbons (Fsp3) is 0.375. The van der Waals surface area contributed by atoms with Gasteiger partial charge in [0.25, 0.3) is 5.56 Å². The molecule has 0 aliphatic carbocycles. The van der Waals surface area contributed by atoms with E-state index in [1.807, 2.05) is 35.4 Å². The van der Waals surface area contributed by atoms with E-state index in [4.69, 9.17) is 17.0 Å². The van der Waals surface area contributed by atoms with Crippen LogP contribution in [0.15, 0.2) is 53.6 Å². The Morgan fingerprint density at radius 1 is 1.29 bits per heavy atom. The highest BCUT2D eigenvalue weighted by Crippen LogP contribution is 2.16. The number of benzene rings is 1. The maximum Gasteiger partial charge on any atom is 0.253 e. The number of rotatable bonds is 7. The van der Waals surface area contributed by atoms with Crippen molar-refractivity contribution in [3.05, 3.63) is 75.8 Å². The molecule has 4 rings (SSSR count). The number of hydrogen-bond donors (Lipinski definition) is 2. The van der Waals surface area contributed by atoms with E-state index >= 15 is 0 Å². The van der Waals surface area contributed by atoms with Crippen LogP contribution in [0.3, 0.4) is 0 Å². The summed E-state index contributed by atoms with van der Waals surface area (Å²) in [6, 6.07) is 12.1. The van der Waals surface area contributed by atoms with Crippen molar-refractivity contribution in [2.75, 3.05) is 13.2 Å². The number of nitrogens with zero attached hydrogens (tertiary/aromatic N) is 2. The number of fused-ring (bicyclic) bond motifs is 1. The van der Waals surface area contributed by atoms with Crippen LogP contribution in [0.5, 0.6) is 0 Å². The second-order valence-electron chi connectivity index (χ2n) is 7.94. The molecule has 0 bridgehead atoms. The van der Waals surface area contributed by atoms with Crippen LogP contribution in [0, 0.1) is 0 Å². The molecule has 0 radical (unpaired) electrons. The first-order valence-electron chi connectivity index (χ1n) is 10.8. The predicted octanol–water partition coefficient (Wildman–Crippen LogP) is 3.54. The van der Waals surface area contributed by atoms with Crippen molar-refractivity contribution in [2.45, 2.75) is 45.4 Å². The molecular formula is C24H28N4O2S. The number of thiocarbonyl (C=S) groups is 1. The summed E-state index contributed by atoms with van der Waals surface area (Å²) in [5.74, 6) is 0. The lowest BCUT2D eigenvalue weighted by molar-refractivity contribution is 0.113. The molecule has 1 atom stereocenters. The smallest absolute Gasteiger partial charge is 0.253 e. The van der Waals surface area contributed by atoms with E-state index in [1.165, 1.54) is 5.56 Å². The number of aromatic nitrogens is 2. The maximum absolute atomic E-state index is 12.8. The Morgan fingerprint density at radius 3 is 2.94 bits per heavy atom. The fourth-order valence-electron chi connectivity index (χ4n) is 3.87. The van der Waals surface area contributed by atoms with E-state index in [1.54, 1.807) is 6.20 Å². The molecule has 3 aromatic rings. The standard InChI is InChI=1S/C24H28N4O2S/c1-2-17-7-8-22-19(11-17)12-20(23(29)27-22)16-28(15-18-5-3-9-25-13-18)24(31)26-14-21-6-4-10-30-21/h3,5,7-9,11-13,21H,2,4,6,10,14-16H2,1H3,(H,26,31)(H,27,29). The first-order chi connectivity index (χ1) is 15.1. The van der Waals surface area contributed by atoms with Crippen molar-refractivity contribution in [3.8, 4) is 0 Å². The molecule has 1 unspecified atom stereocenters. The van der Waals surface area contributed by atoms with E-state index in [2.05, 4.69) is 34.3 Å². The summed E-state index contributed by atoms with van der Waals surface area (Å²) in [5.41, 5.74) is 3.73. The van der Waals surface area contributed by atoms with E-state index in [-0.39, 0.29) is 11.7 Å². The van der Waals surface area contributed by atoms with Crippen LogP contribution in [0.4, 0.5) is 0 Å². The van der Waals surface area contributed by atoms with Gasteiger partial charge in [-0.1, -0.05) is 19.1 Å². The summed E-state index contributed by atoms with van der Waals surface area (Å²) < 4.78 is 5.70. The normalized spacial score (nSPS) is 15.8. The topological polar surface area (TPSA) is 70.2 Å². The quantitative estimate of drug-likeness (QED) is 0.552. The van der Waals surface area contributed by atoms with Gasteiger partial charge in [0.15, 0.2) is 5.11 Å². The van der Waals surface area contributed by atoms with Gasteiger partial charge in [-0.25, -0.2) is 0 Å². The number of nitrogens with one attached hydrogen (secondary N) is 2. The van der Waals surface area contributed by atoms with Gasteiger partial charge in [0, 0.05) is 43.2 Å². The van der Waals surface area contributed by atoms with Crippen molar-refractivity contribution in [2.24, 2.45) is 0 Å². The number of pyridine rings is 2. The monoisotopic (exact) mass is 436 g/mol. The summed E-state index contributed by atoms with van der Waals surface area (Å²) in [6.45, 7) is 4.59.